The van der Waals surface area contributed by atoms with E-state index >= 15 is 0 Å². The zero-order valence-corrected chi connectivity index (χ0v) is 9.92. The first kappa shape index (κ1) is 11.6. The third-order valence-corrected chi connectivity index (χ3v) is 2.49. The molecule has 2 rings (SSSR count). The highest BCUT2D eigenvalue weighted by atomic mass is 16.5. The Bertz CT molecular complexity index is 495. The fraction of sp³-hybridized carbons (Fsp3) is 0.214. The van der Waals surface area contributed by atoms with Gasteiger partial charge in [-0.25, -0.2) is 4.98 Å². The minimum atomic E-state index is -0.507. The lowest BCUT2D eigenvalue weighted by Crippen LogP contribution is -1.96. The average Bonchev–Trinajstić information content (AvgIpc) is 2.33. The van der Waals surface area contributed by atoms with Gasteiger partial charge in [-0.15, -0.1) is 0 Å². The molecule has 88 valence electrons. The molecule has 1 aromatic heterocycles. The molecule has 0 aliphatic carbocycles. The highest BCUT2D eigenvalue weighted by molar-refractivity contribution is 5.33. The van der Waals surface area contributed by atoms with Gasteiger partial charge in [0.15, 0.2) is 0 Å². The average molecular weight is 229 g/mol. The zero-order chi connectivity index (χ0) is 12.3. The molecule has 3 heteroatoms. The number of para-hydroxylation sites is 1. The molecule has 0 spiro atoms. The Labute approximate surface area is 101 Å². The van der Waals surface area contributed by atoms with Crippen molar-refractivity contribution >= 4 is 0 Å². The second kappa shape index (κ2) is 4.97. The number of aromatic nitrogens is 1. The van der Waals surface area contributed by atoms with Crippen LogP contribution in [0.2, 0.25) is 0 Å². The van der Waals surface area contributed by atoms with Crippen molar-refractivity contribution in [2.45, 2.75) is 20.0 Å². The van der Waals surface area contributed by atoms with Crippen LogP contribution in [0.5, 0.6) is 11.6 Å². The number of nitrogens with zero attached hydrogens (tertiary/aromatic N) is 1. The van der Waals surface area contributed by atoms with Crippen molar-refractivity contribution in [2.24, 2.45) is 0 Å². The second-order valence-electron chi connectivity index (χ2n) is 3.98. The zero-order valence-electron chi connectivity index (χ0n) is 9.92. The van der Waals surface area contributed by atoms with E-state index < -0.39 is 6.10 Å². The molecule has 1 N–H and O–H groups in total. The molecule has 17 heavy (non-hydrogen) atoms. The van der Waals surface area contributed by atoms with Crippen LogP contribution in [0.15, 0.2) is 42.6 Å². The van der Waals surface area contributed by atoms with E-state index in [0.29, 0.717) is 5.88 Å². The number of hydrogen-bond acceptors (Lipinski definition) is 3. The van der Waals surface area contributed by atoms with Crippen molar-refractivity contribution in [1.29, 1.82) is 0 Å². The first-order chi connectivity index (χ1) is 8.16. The number of aliphatic hydroxyl groups is 1. The van der Waals surface area contributed by atoms with Crippen LogP contribution < -0.4 is 4.74 Å². The molecule has 0 aliphatic heterocycles. The quantitative estimate of drug-likeness (QED) is 0.878. The highest BCUT2D eigenvalue weighted by Gasteiger charge is 2.07. The van der Waals surface area contributed by atoms with Gasteiger partial charge in [0.25, 0.3) is 0 Å². The summed E-state index contributed by atoms with van der Waals surface area (Å²) in [5.74, 6) is 1.33. The van der Waals surface area contributed by atoms with Gasteiger partial charge in [-0.2, -0.15) is 0 Å². The number of ether oxygens (including phenoxy) is 1. The molecule has 0 saturated carbocycles. The first-order valence-electron chi connectivity index (χ1n) is 5.54. The van der Waals surface area contributed by atoms with Gasteiger partial charge in [-0.1, -0.05) is 18.2 Å². The summed E-state index contributed by atoms with van der Waals surface area (Å²) in [4.78, 5) is 4.21. The van der Waals surface area contributed by atoms with Crippen LogP contribution in [0, 0.1) is 6.92 Å². The van der Waals surface area contributed by atoms with Crippen molar-refractivity contribution in [3.63, 3.8) is 0 Å². The predicted octanol–water partition coefficient (Wildman–Crippen LogP) is 3.24. The van der Waals surface area contributed by atoms with E-state index in [4.69, 9.17) is 4.74 Å². The van der Waals surface area contributed by atoms with Crippen LogP contribution >= 0.6 is 0 Å². The van der Waals surface area contributed by atoms with Crippen molar-refractivity contribution in [3.8, 4) is 11.6 Å². The topological polar surface area (TPSA) is 42.4 Å². The molecule has 0 fully saturated rings. The summed E-state index contributed by atoms with van der Waals surface area (Å²) >= 11 is 0. The summed E-state index contributed by atoms with van der Waals surface area (Å²) in [7, 11) is 0. The number of aliphatic hydroxyl groups excluding tert-OH is 1. The van der Waals surface area contributed by atoms with E-state index in [1.54, 1.807) is 13.1 Å². The molecule has 3 nitrogen and oxygen atoms in total. The molecule has 0 saturated heterocycles. The van der Waals surface area contributed by atoms with Crippen molar-refractivity contribution in [1.82, 2.24) is 4.98 Å². The Morgan fingerprint density at radius 1 is 1.24 bits per heavy atom. The summed E-state index contributed by atoms with van der Waals surface area (Å²) in [5.41, 5.74) is 1.70. The molecular weight excluding hydrogens is 214 g/mol. The summed E-state index contributed by atoms with van der Waals surface area (Å²) in [6.07, 6.45) is 1.13. The van der Waals surface area contributed by atoms with Crippen LogP contribution in [0.4, 0.5) is 0 Å². The van der Waals surface area contributed by atoms with E-state index in [1.807, 2.05) is 43.3 Å². The van der Waals surface area contributed by atoms with E-state index in [0.717, 1.165) is 16.9 Å². The standard InChI is InChI=1S/C14H15NO2/c1-10-8-12(11(2)16)9-15-14(10)17-13-6-4-3-5-7-13/h3-9,11,16H,1-2H3. The Morgan fingerprint density at radius 2 is 1.94 bits per heavy atom. The van der Waals surface area contributed by atoms with E-state index in [-0.39, 0.29) is 0 Å². The van der Waals surface area contributed by atoms with Crippen LogP contribution in [0.3, 0.4) is 0 Å². The number of aryl methyl sites for hydroxylation is 1. The van der Waals surface area contributed by atoms with Crippen LogP contribution in [0.25, 0.3) is 0 Å². The van der Waals surface area contributed by atoms with Crippen molar-refractivity contribution in [2.75, 3.05) is 0 Å². The number of rotatable bonds is 3. The van der Waals surface area contributed by atoms with Gasteiger partial charge in [0, 0.05) is 11.8 Å². The van der Waals surface area contributed by atoms with Crippen LogP contribution in [-0.4, -0.2) is 10.1 Å². The molecule has 0 aliphatic rings. The molecule has 2 aromatic rings. The molecule has 1 heterocycles. The van der Waals surface area contributed by atoms with E-state index in [2.05, 4.69) is 4.98 Å². The minimum absolute atomic E-state index is 0.507. The molecular formula is C14H15NO2. The summed E-state index contributed by atoms with van der Waals surface area (Å²) in [5, 5.41) is 9.45. The van der Waals surface area contributed by atoms with E-state index in [9.17, 15) is 5.11 Å². The van der Waals surface area contributed by atoms with E-state index in [1.165, 1.54) is 0 Å². The van der Waals surface area contributed by atoms with Gasteiger partial charge in [-0.3, -0.25) is 0 Å². The molecule has 1 atom stereocenters. The van der Waals surface area contributed by atoms with Crippen LogP contribution in [0.1, 0.15) is 24.2 Å². The summed E-state index contributed by atoms with van der Waals surface area (Å²) in [6.45, 7) is 3.63. The maximum atomic E-state index is 9.45. The van der Waals surface area contributed by atoms with Gasteiger partial charge in [0.2, 0.25) is 5.88 Å². The number of benzene rings is 1. The maximum absolute atomic E-state index is 9.45. The molecule has 1 aromatic carbocycles. The molecule has 1 unspecified atom stereocenters. The Morgan fingerprint density at radius 3 is 2.53 bits per heavy atom. The lowest BCUT2D eigenvalue weighted by atomic mass is 10.1. The predicted molar refractivity (Wildman–Crippen MR) is 66.1 cm³/mol. The SMILES string of the molecule is Cc1cc(C(C)O)cnc1Oc1ccccc1. The smallest absolute Gasteiger partial charge is 0.222 e. The van der Waals surface area contributed by atoms with Crippen LogP contribution in [-0.2, 0) is 0 Å². The first-order valence-corrected chi connectivity index (χ1v) is 5.54. The largest absolute Gasteiger partial charge is 0.439 e. The molecule has 0 bridgehead atoms. The second-order valence-corrected chi connectivity index (χ2v) is 3.98. The summed E-state index contributed by atoms with van der Waals surface area (Å²) < 4.78 is 5.65. The van der Waals surface area contributed by atoms with Gasteiger partial charge in [-0.05, 0) is 37.6 Å². The Kier molecular flexibility index (Phi) is 3.40. The lowest BCUT2D eigenvalue weighted by molar-refractivity contribution is 0.198. The Hall–Kier alpha value is -1.87. The third kappa shape index (κ3) is 2.82. The van der Waals surface area contributed by atoms with Gasteiger partial charge < -0.3 is 9.84 Å². The van der Waals surface area contributed by atoms with Crippen molar-refractivity contribution < 1.29 is 9.84 Å². The fourth-order valence-electron chi connectivity index (χ4n) is 1.52. The lowest BCUT2D eigenvalue weighted by Gasteiger charge is -2.10. The minimum Gasteiger partial charge on any atom is -0.439 e. The number of hydrogen-bond donors (Lipinski definition) is 1. The number of pyridine rings is 1. The summed E-state index contributed by atoms with van der Waals surface area (Å²) in [6, 6.07) is 11.4. The molecule has 0 radical (unpaired) electrons. The highest BCUT2D eigenvalue weighted by Crippen LogP contribution is 2.24. The van der Waals surface area contributed by atoms with Gasteiger partial charge in [0.1, 0.15) is 5.75 Å². The monoisotopic (exact) mass is 229 g/mol. The maximum Gasteiger partial charge on any atom is 0.222 e. The van der Waals surface area contributed by atoms with Crippen molar-refractivity contribution in [3.05, 3.63) is 53.7 Å². The fourth-order valence-corrected chi connectivity index (χ4v) is 1.52. The van der Waals surface area contributed by atoms with Gasteiger partial charge in [0.05, 0.1) is 6.10 Å². The molecule has 0 amide bonds. The normalized spacial score (nSPS) is 12.2. The Balaban J connectivity index is 2.23. The van der Waals surface area contributed by atoms with Gasteiger partial charge >= 0.3 is 0 Å². The third-order valence-electron chi connectivity index (χ3n) is 2.49.